The SMILES string of the molecule is c1ccc(-c2ccc3ccc4c(-c5ccc(-c6cccc(-c7ccc(-c8ccc9ccc%10c(-c%11cccc(-c%12ccc%13ccccc%13c%12)c%11)ccc%11ccc8c9c%11%10)cc7)c6)cc5)ccc5ccc2c3c54)cc1. The van der Waals surface area contributed by atoms with E-state index in [1.807, 2.05) is 0 Å². The van der Waals surface area contributed by atoms with Gasteiger partial charge in [0.15, 0.2) is 0 Å². The highest BCUT2D eigenvalue weighted by Gasteiger charge is 2.18. The maximum absolute atomic E-state index is 2.35. The average molecular weight is 909 g/mol. The molecule has 0 heteroatoms. The molecule has 72 heavy (non-hydrogen) atoms. The van der Waals surface area contributed by atoms with E-state index < -0.39 is 0 Å². The third kappa shape index (κ3) is 6.47. The maximum atomic E-state index is 2.35. The number of benzene rings is 15. The summed E-state index contributed by atoms with van der Waals surface area (Å²) in [7, 11) is 0. The fourth-order valence-electron chi connectivity index (χ4n) is 12.0. The van der Waals surface area contributed by atoms with Gasteiger partial charge in [0.25, 0.3) is 0 Å². The highest BCUT2D eigenvalue weighted by Crippen LogP contribution is 2.45. The van der Waals surface area contributed by atoms with E-state index in [-0.39, 0.29) is 0 Å². The molecule has 15 aromatic rings. The van der Waals surface area contributed by atoms with Crippen LogP contribution in [-0.2, 0) is 0 Å². The largest absolute Gasteiger partial charge is 0.0622 e. The van der Waals surface area contributed by atoms with Crippen molar-refractivity contribution < 1.29 is 0 Å². The molecule has 0 spiro atoms. The summed E-state index contributed by atoms with van der Waals surface area (Å²) in [6.45, 7) is 0. The van der Waals surface area contributed by atoms with Crippen molar-refractivity contribution >= 4 is 75.4 Å². The minimum absolute atomic E-state index is 1.20. The molecular weight excluding hydrogens is 865 g/mol. The van der Waals surface area contributed by atoms with Crippen LogP contribution in [0, 0.1) is 0 Å². The van der Waals surface area contributed by atoms with Crippen LogP contribution in [0.3, 0.4) is 0 Å². The Morgan fingerprint density at radius 2 is 0.431 bits per heavy atom. The van der Waals surface area contributed by atoms with Gasteiger partial charge in [-0.05, 0) is 171 Å². The third-order valence-electron chi connectivity index (χ3n) is 15.6. The van der Waals surface area contributed by atoms with Crippen LogP contribution in [0.1, 0.15) is 0 Å². The molecule has 332 valence electrons. The molecular formula is C72H44. The fraction of sp³-hybridized carbons (Fsp3) is 0. The van der Waals surface area contributed by atoms with E-state index in [0.29, 0.717) is 0 Å². The topological polar surface area (TPSA) is 0 Å². The van der Waals surface area contributed by atoms with E-state index in [9.17, 15) is 0 Å². The minimum atomic E-state index is 1.20. The summed E-state index contributed by atoms with van der Waals surface area (Å²) in [6.07, 6.45) is 0. The van der Waals surface area contributed by atoms with Gasteiger partial charge >= 0.3 is 0 Å². The first-order chi connectivity index (χ1) is 35.7. The molecule has 0 atom stereocenters. The molecule has 0 radical (unpaired) electrons. The highest BCUT2D eigenvalue weighted by atomic mass is 14.2. The van der Waals surface area contributed by atoms with Crippen LogP contribution in [-0.4, -0.2) is 0 Å². The molecule has 15 aromatic carbocycles. The third-order valence-corrected chi connectivity index (χ3v) is 15.6. The fourth-order valence-corrected chi connectivity index (χ4v) is 12.0. The molecule has 0 aromatic heterocycles. The van der Waals surface area contributed by atoms with E-state index in [1.165, 1.54) is 153 Å². The first-order valence-electron chi connectivity index (χ1n) is 25.0. The lowest BCUT2D eigenvalue weighted by molar-refractivity contribution is 1.58. The Morgan fingerprint density at radius 3 is 0.903 bits per heavy atom. The van der Waals surface area contributed by atoms with Gasteiger partial charge in [-0.25, -0.2) is 0 Å². The van der Waals surface area contributed by atoms with Crippen LogP contribution < -0.4 is 0 Å². The summed E-state index contributed by atoms with van der Waals surface area (Å²) in [5, 5.41) is 18.1. The predicted octanol–water partition coefficient (Wildman–Crippen LogP) is 20.3. The highest BCUT2D eigenvalue weighted by molar-refractivity contribution is 6.29. The van der Waals surface area contributed by atoms with Crippen molar-refractivity contribution in [3.05, 3.63) is 267 Å². The number of rotatable bonds is 7. The molecule has 0 aliphatic carbocycles. The number of hydrogen-bond acceptors (Lipinski definition) is 0. The van der Waals surface area contributed by atoms with Crippen molar-refractivity contribution in [1.82, 2.24) is 0 Å². The summed E-state index contributed by atoms with van der Waals surface area (Å²) in [6, 6.07) is 99.3. The Morgan fingerprint density at radius 1 is 0.139 bits per heavy atom. The lowest BCUT2D eigenvalue weighted by Gasteiger charge is -2.17. The van der Waals surface area contributed by atoms with E-state index in [1.54, 1.807) is 0 Å². The van der Waals surface area contributed by atoms with Gasteiger partial charge < -0.3 is 0 Å². The summed E-state index contributed by atoms with van der Waals surface area (Å²) in [4.78, 5) is 0. The Labute approximate surface area is 418 Å². The number of fused-ring (bicyclic) bond motifs is 1. The van der Waals surface area contributed by atoms with Gasteiger partial charge in [-0.3, -0.25) is 0 Å². The molecule has 0 saturated carbocycles. The zero-order chi connectivity index (χ0) is 47.3. The smallest absolute Gasteiger partial charge is 0.00203 e. The Balaban J connectivity index is 0.736. The van der Waals surface area contributed by atoms with Crippen LogP contribution >= 0.6 is 0 Å². The summed E-state index contributed by atoms with van der Waals surface area (Å²) in [5.41, 5.74) is 17.3. The average Bonchev–Trinajstić information content (AvgIpc) is 3.46. The zero-order valence-electron chi connectivity index (χ0n) is 39.4. The van der Waals surface area contributed by atoms with E-state index in [2.05, 4.69) is 267 Å². The second kappa shape index (κ2) is 16.1. The first kappa shape index (κ1) is 40.5. The molecule has 0 aliphatic rings. The van der Waals surface area contributed by atoms with Crippen LogP contribution in [0.25, 0.3) is 153 Å². The molecule has 0 bridgehead atoms. The molecule has 0 heterocycles. The van der Waals surface area contributed by atoms with Crippen molar-refractivity contribution in [2.24, 2.45) is 0 Å². The van der Waals surface area contributed by atoms with Crippen molar-refractivity contribution in [3.63, 3.8) is 0 Å². The van der Waals surface area contributed by atoms with Gasteiger partial charge in [-0.15, -0.1) is 0 Å². The molecule has 0 saturated heterocycles. The molecule has 15 rings (SSSR count). The van der Waals surface area contributed by atoms with Gasteiger partial charge in [0.05, 0.1) is 0 Å². The summed E-state index contributed by atoms with van der Waals surface area (Å²) >= 11 is 0. The van der Waals surface area contributed by atoms with Crippen molar-refractivity contribution in [3.8, 4) is 77.9 Å². The molecule has 0 N–H and O–H groups in total. The van der Waals surface area contributed by atoms with Crippen LogP contribution in [0.2, 0.25) is 0 Å². The molecule has 0 unspecified atom stereocenters. The molecule has 0 fully saturated rings. The van der Waals surface area contributed by atoms with Crippen LogP contribution in [0.4, 0.5) is 0 Å². The van der Waals surface area contributed by atoms with Crippen molar-refractivity contribution in [2.45, 2.75) is 0 Å². The summed E-state index contributed by atoms with van der Waals surface area (Å²) in [5.74, 6) is 0. The van der Waals surface area contributed by atoms with Crippen molar-refractivity contribution in [1.29, 1.82) is 0 Å². The standard InChI is InChI=1S/C72H44/c1-2-9-48(10-3-1)61-34-26-51-31-39-66-62(35-27-52-30-38-65(61)69(51)70(52)66)49-21-16-46(17-22-49)56-12-6-13-57(42-56)47-18-23-50(24-19-47)63-36-28-53-33-41-68-64(37-29-54-32-40-67(63)71(53)72(54)68)60-15-7-14-58(44-60)59-25-20-45-8-4-5-11-55(45)43-59/h1-44H. The quantitative estimate of drug-likeness (QED) is 0.140. The minimum Gasteiger partial charge on any atom is -0.0622 e. The van der Waals surface area contributed by atoms with Gasteiger partial charge in [0.1, 0.15) is 0 Å². The number of hydrogen-bond donors (Lipinski definition) is 0. The van der Waals surface area contributed by atoms with Gasteiger partial charge in [-0.1, -0.05) is 249 Å². The first-order valence-corrected chi connectivity index (χ1v) is 25.0. The Bertz CT molecular complexity index is 4580. The normalized spacial score (nSPS) is 11.9. The van der Waals surface area contributed by atoms with Gasteiger partial charge in [-0.2, -0.15) is 0 Å². The molecule has 0 nitrogen and oxygen atoms in total. The summed E-state index contributed by atoms with van der Waals surface area (Å²) < 4.78 is 0. The van der Waals surface area contributed by atoms with Crippen LogP contribution in [0.5, 0.6) is 0 Å². The van der Waals surface area contributed by atoms with E-state index in [4.69, 9.17) is 0 Å². The monoisotopic (exact) mass is 908 g/mol. The lowest BCUT2D eigenvalue weighted by atomic mass is 9.86. The van der Waals surface area contributed by atoms with Gasteiger partial charge in [0, 0.05) is 0 Å². The second-order valence-electron chi connectivity index (χ2n) is 19.5. The lowest BCUT2D eigenvalue weighted by Crippen LogP contribution is -1.90. The van der Waals surface area contributed by atoms with Gasteiger partial charge in [0.2, 0.25) is 0 Å². The van der Waals surface area contributed by atoms with E-state index >= 15 is 0 Å². The second-order valence-corrected chi connectivity index (χ2v) is 19.5. The van der Waals surface area contributed by atoms with Crippen molar-refractivity contribution in [2.75, 3.05) is 0 Å². The Hall–Kier alpha value is -9.36. The molecule has 0 aliphatic heterocycles. The molecule has 0 amide bonds. The van der Waals surface area contributed by atoms with Crippen LogP contribution in [0.15, 0.2) is 267 Å². The van der Waals surface area contributed by atoms with E-state index in [0.717, 1.165) is 0 Å². The predicted molar refractivity (Wildman–Crippen MR) is 309 cm³/mol. The zero-order valence-corrected chi connectivity index (χ0v) is 39.4. The Kier molecular flexibility index (Phi) is 9.06. The maximum Gasteiger partial charge on any atom is -0.00203 e.